The minimum Gasteiger partial charge on any atom is -0.399 e. The standard InChI is InChI=1S/C25H25N7/c1-3-6-23-27-24-16(2)13-19(26)14-22(24)32(23)15-17-9-11-18(12-10-17)20-7-4-5-8-21(20)25-28-30-31-29-25/h4-5,7-14H,3,6,15,26H2,1-2H3,(H,28,29,30,31). The van der Waals surface area contributed by atoms with Crippen LogP contribution in [0.4, 0.5) is 5.69 Å². The molecule has 160 valence electrons. The number of rotatable bonds is 6. The van der Waals surface area contributed by atoms with E-state index in [1.165, 1.54) is 5.56 Å². The van der Waals surface area contributed by atoms with Gasteiger partial charge in [0.05, 0.1) is 11.0 Å². The molecule has 0 atom stereocenters. The molecule has 5 rings (SSSR count). The van der Waals surface area contributed by atoms with E-state index in [-0.39, 0.29) is 0 Å². The lowest BCUT2D eigenvalue weighted by Gasteiger charge is -2.11. The molecule has 7 nitrogen and oxygen atoms in total. The van der Waals surface area contributed by atoms with E-state index in [2.05, 4.69) is 69.4 Å². The topological polar surface area (TPSA) is 98.3 Å². The van der Waals surface area contributed by atoms with E-state index in [4.69, 9.17) is 10.7 Å². The second-order valence-corrected chi connectivity index (χ2v) is 8.05. The average Bonchev–Trinajstić information content (AvgIpc) is 3.44. The Kier molecular flexibility index (Phi) is 5.15. The normalized spacial score (nSPS) is 11.3. The third-order valence-corrected chi connectivity index (χ3v) is 5.74. The molecule has 5 aromatic rings. The Morgan fingerprint density at radius 3 is 2.50 bits per heavy atom. The first kappa shape index (κ1) is 19.9. The van der Waals surface area contributed by atoms with Gasteiger partial charge in [-0.05, 0) is 52.9 Å². The molecular weight excluding hydrogens is 398 g/mol. The molecular formula is C25H25N7. The van der Waals surface area contributed by atoms with Gasteiger partial charge < -0.3 is 10.3 Å². The van der Waals surface area contributed by atoms with Crippen LogP contribution in [0.15, 0.2) is 60.7 Å². The second kappa shape index (κ2) is 8.26. The Labute approximate surface area is 186 Å². The van der Waals surface area contributed by atoms with Crippen molar-refractivity contribution in [3.05, 3.63) is 77.6 Å². The van der Waals surface area contributed by atoms with Gasteiger partial charge in [0.15, 0.2) is 0 Å². The van der Waals surface area contributed by atoms with Crippen molar-refractivity contribution in [1.82, 2.24) is 30.2 Å². The summed E-state index contributed by atoms with van der Waals surface area (Å²) in [5.74, 6) is 1.69. The van der Waals surface area contributed by atoms with Crippen LogP contribution in [0.3, 0.4) is 0 Å². The van der Waals surface area contributed by atoms with Crippen LogP contribution in [0.1, 0.15) is 30.3 Å². The number of anilines is 1. The highest BCUT2D eigenvalue weighted by Gasteiger charge is 2.14. The van der Waals surface area contributed by atoms with Crippen LogP contribution in [-0.4, -0.2) is 30.2 Å². The van der Waals surface area contributed by atoms with Crippen molar-refractivity contribution in [3.8, 4) is 22.5 Å². The summed E-state index contributed by atoms with van der Waals surface area (Å²) < 4.78 is 2.30. The molecule has 0 saturated carbocycles. The summed E-state index contributed by atoms with van der Waals surface area (Å²) in [6.07, 6.45) is 1.98. The summed E-state index contributed by atoms with van der Waals surface area (Å²) in [5, 5.41) is 14.5. The van der Waals surface area contributed by atoms with Crippen LogP contribution in [0.5, 0.6) is 0 Å². The molecule has 7 heteroatoms. The fourth-order valence-electron chi connectivity index (χ4n) is 4.24. The zero-order chi connectivity index (χ0) is 22.1. The maximum absolute atomic E-state index is 6.15. The number of aryl methyl sites for hydroxylation is 2. The molecule has 3 N–H and O–H groups in total. The van der Waals surface area contributed by atoms with Crippen molar-refractivity contribution >= 4 is 16.7 Å². The lowest BCUT2D eigenvalue weighted by atomic mass is 9.98. The van der Waals surface area contributed by atoms with Crippen LogP contribution >= 0.6 is 0 Å². The van der Waals surface area contributed by atoms with Gasteiger partial charge in [0.25, 0.3) is 0 Å². The molecule has 2 heterocycles. The molecule has 0 saturated heterocycles. The summed E-state index contributed by atoms with van der Waals surface area (Å²) >= 11 is 0. The molecule has 0 aliphatic carbocycles. The van der Waals surface area contributed by atoms with Crippen molar-refractivity contribution in [2.45, 2.75) is 33.2 Å². The fourth-order valence-corrected chi connectivity index (χ4v) is 4.24. The van der Waals surface area contributed by atoms with Crippen molar-refractivity contribution in [2.75, 3.05) is 5.73 Å². The van der Waals surface area contributed by atoms with Crippen molar-refractivity contribution in [1.29, 1.82) is 0 Å². The van der Waals surface area contributed by atoms with E-state index < -0.39 is 0 Å². The quantitative estimate of drug-likeness (QED) is 0.383. The number of aromatic nitrogens is 6. The molecule has 32 heavy (non-hydrogen) atoms. The molecule has 0 aliphatic rings. The lowest BCUT2D eigenvalue weighted by molar-refractivity contribution is 0.722. The van der Waals surface area contributed by atoms with Crippen LogP contribution in [-0.2, 0) is 13.0 Å². The lowest BCUT2D eigenvalue weighted by Crippen LogP contribution is -2.05. The molecule has 0 spiro atoms. The number of imidazole rings is 1. The summed E-state index contributed by atoms with van der Waals surface area (Å²) in [6, 6.07) is 20.7. The number of nitrogens with zero attached hydrogens (tertiary/aromatic N) is 5. The smallest absolute Gasteiger partial charge is 0.205 e. The van der Waals surface area contributed by atoms with Crippen molar-refractivity contribution in [3.63, 3.8) is 0 Å². The fraction of sp³-hybridized carbons (Fsp3) is 0.200. The van der Waals surface area contributed by atoms with Gasteiger partial charge in [-0.15, -0.1) is 10.2 Å². The number of tetrazole rings is 1. The highest BCUT2D eigenvalue weighted by molar-refractivity contribution is 5.83. The van der Waals surface area contributed by atoms with Gasteiger partial charge >= 0.3 is 0 Å². The van der Waals surface area contributed by atoms with Gasteiger partial charge in [0.1, 0.15) is 5.82 Å². The Balaban J connectivity index is 1.51. The van der Waals surface area contributed by atoms with Crippen molar-refractivity contribution < 1.29 is 0 Å². The summed E-state index contributed by atoms with van der Waals surface area (Å²) in [4.78, 5) is 4.93. The Morgan fingerprint density at radius 1 is 1.00 bits per heavy atom. The van der Waals surface area contributed by atoms with Crippen LogP contribution < -0.4 is 5.73 Å². The van der Waals surface area contributed by atoms with Crippen LogP contribution in [0.25, 0.3) is 33.5 Å². The number of nitrogen functional groups attached to an aromatic ring is 1. The number of nitrogens with two attached hydrogens (primary N) is 1. The maximum Gasteiger partial charge on any atom is 0.205 e. The summed E-state index contributed by atoms with van der Waals surface area (Å²) in [6.45, 7) is 5.00. The van der Waals surface area contributed by atoms with E-state index in [9.17, 15) is 0 Å². The SMILES string of the molecule is CCCc1nc2c(C)cc(N)cc2n1Cc1ccc(-c2ccccc2-c2nn[nH]n2)cc1. The molecule has 0 radical (unpaired) electrons. The van der Waals surface area contributed by atoms with E-state index in [0.29, 0.717) is 5.82 Å². The number of fused-ring (bicyclic) bond motifs is 1. The zero-order valence-corrected chi connectivity index (χ0v) is 18.2. The van der Waals surface area contributed by atoms with Gasteiger partial charge in [0.2, 0.25) is 5.82 Å². The molecule has 0 fully saturated rings. The Hall–Kier alpha value is -4.00. The predicted octanol–water partition coefficient (Wildman–Crippen LogP) is 4.77. The minimum atomic E-state index is 0.590. The number of H-pyrrole nitrogens is 1. The van der Waals surface area contributed by atoms with E-state index >= 15 is 0 Å². The maximum atomic E-state index is 6.15. The highest BCUT2D eigenvalue weighted by atomic mass is 15.5. The first-order chi connectivity index (χ1) is 15.6. The highest BCUT2D eigenvalue weighted by Crippen LogP contribution is 2.30. The Bertz CT molecular complexity index is 1370. The molecule has 0 bridgehead atoms. The number of benzene rings is 3. The molecule has 0 amide bonds. The number of aromatic amines is 1. The Morgan fingerprint density at radius 2 is 1.78 bits per heavy atom. The van der Waals surface area contributed by atoms with E-state index in [1.54, 1.807) is 0 Å². The van der Waals surface area contributed by atoms with Crippen LogP contribution in [0.2, 0.25) is 0 Å². The predicted molar refractivity (Wildman–Crippen MR) is 127 cm³/mol. The van der Waals surface area contributed by atoms with Gasteiger partial charge in [-0.1, -0.05) is 55.5 Å². The third kappa shape index (κ3) is 3.62. The summed E-state index contributed by atoms with van der Waals surface area (Å²) in [7, 11) is 0. The first-order valence-corrected chi connectivity index (χ1v) is 10.8. The van der Waals surface area contributed by atoms with Gasteiger partial charge in [-0.25, -0.2) is 4.98 Å². The number of nitrogens with one attached hydrogen (secondary N) is 1. The number of hydrogen-bond acceptors (Lipinski definition) is 5. The first-order valence-electron chi connectivity index (χ1n) is 10.8. The zero-order valence-electron chi connectivity index (χ0n) is 18.2. The third-order valence-electron chi connectivity index (χ3n) is 5.74. The van der Waals surface area contributed by atoms with E-state index in [1.807, 2.05) is 30.3 Å². The number of hydrogen-bond donors (Lipinski definition) is 2. The van der Waals surface area contributed by atoms with E-state index in [0.717, 1.165) is 64.2 Å². The van der Waals surface area contributed by atoms with Gasteiger partial charge in [-0.3, -0.25) is 0 Å². The minimum absolute atomic E-state index is 0.590. The molecule has 3 aromatic carbocycles. The largest absolute Gasteiger partial charge is 0.399 e. The average molecular weight is 424 g/mol. The molecule has 0 aliphatic heterocycles. The molecule has 2 aromatic heterocycles. The van der Waals surface area contributed by atoms with Crippen LogP contribution in [0, 0.1) is 6.92 Å². The van der Waals surface area contributed by atoms with Gasteiger partial charge in [-0.2, -0.15) is 5.21 Å². The summed E-state index contributed by atoms with van der Waals surface area (Å²) in [5.41, 5.74) is 14.5. The van der Waals surface area contributed by atoms with Gasteiger partial charge in [0, 0.05) is 24.2 Å². The van der Waals surface area contributed by atoms with Crippen molar-refractivity contribution in [2.24, 2.45) is 0 Å². The molecule has 0 unspecified atom stereocenters. The monoisotopic (exact) mass is 423 g/mol. The second-order valence-electron chi connectivity index (χ2n) is 8.05.